The van der Waals surface area contributed by atoms with Crippen LogP contribution in [0.1, 0.15) is 36.5 Å². The van der Waals surface area contributed by atoms with E-state index >= 15 is 0 Å². The van der Waals surface area contributed by atoms with E-state index < -0.39 is 29.1 Å². The highest BCUT2D eigenvalue weighted by Gasteiger charge is 2.37. The molecule has 0 bridgehead atoms. The van der Waals surface area contributed by atoms with E-state index in [1.807, 2.05) is 0 Å². The average molecular weight is 375 g/mol. The van der Waals surface area contributed by atoms with Crippen molar-refractivity contribution in [2.75, 3.05) is 17.7 Å². The first-order valence-corrected chi connectivity index (χ1v) is 8.86. The van der Waals surface area contributed by atoms with E-state index in [0.29, 0.717) is 13.0 Å². The van der Waals surface area contributed by atoms with Gasteiger partial charge >= 0.3 is 11.9 Å². The first-order valence-electron chi connectivity index (χ1n) is 7.63. The number of rotatable bonds is 3. The van der Waals surface area contributed by atoms with Crippen LogP contribution in [-0.4, -0.2) is 22.5 Å². The minimum absolute atomic E-state index is 0.00155. The summed E-state index contributed by atoms with van der Waals surface area (Å²) in [5.41, 5.74) is -2.65. The summed E-state index contributed by atoms with van der Waals surface area (Å²) in [5, 5.41) is -0.00155. The van der Waals surface area contributed by atoms with Crippen LogP contribution in [0.5, 0.6) is 0 Å². The van der Waals surface area contributed by atoms with Crippen LogP contribution in [-0.2, 0) is 10.9 Å². The summed E-state index contributed by atoms with van der Waals surface area (Å²) in [6.45, 7) is 0.379. The molecule has 1 unspecified atom stereocenters. The molecule has 1 fully saturated rings. The van der Waals surface area contributed by atoms with Crippen LogP contribution in [0.4, 0.5) is 13.2 Å². The molecule has 2 heterocycles. The van der Waals surface area contributed by atoms with Gasteiger partial charge in [-0.3, -0.25) is 9.63 Å². The molecule has 0 spiro atoms. The Morgan fingerprint density at radius 3 is 2.68 bits per heavy atom. The number of H-pyrrole nitrogens is 1. The van der Waals surface area contributed by atoms with Gasteiger partial charge in [-0.1, -0.05) is 0 Å². The first kappa shape index (κ1) is 17.9. The molecule has 1 aliphatic rings. The van der Waals surface area contributed by atoms with Crippen molar-refractivity contribution >= 4 is 22.9 Å². The number of nitrogens with one attached hydrogen (secondary N) is 2. The van der Waals surface area contributed by atoms with Crippen molar-refractivity contribution in [3.63, 3.8) is 0 Å². The minimum atomic E-state index is -4.62. The molecule has 0 amide bonds. The van der Waals surface area contributed by atoms with E-state index in [-0.39, 0.29) is 16.5 Å². The van der Waals surface area contributed by atoms with E-state index in [4.69, 9.17) is 4.74 Å². The number of ether oxygens (including phenoxy) is 1. The maximum Gasteiger partial charge on any atom is 0.416 e. The van der Waals surface area contributed by atoms with Crippen molar-refractivity contribution in [2.45, 2.75) is 31.5 Å². The molecule has 1 aromatic heterocycles. The molecular formula is C15H16F3N3O3S. The van der Waals surface area contributed by atoms with Crippen molar-refractivity contribution in [1.29, 1.82) is 0 Å². The van der Waals surface area contributed by atoms with Gasteiger partial charge in [-0.15, -0.1) is 0 Å². The van der Waals surface area contributed by atoms with Gasteiger partial charge in [0.15, 0.2) is 0 Å². The second-order valence-corrected chi connectivity index (χ2v) is 6.29. The Labute approximate surface area is 144 Å². The van der Waals surface area contributed by atoms with Crippen LogP contribution in [0.15, 0.2) is 21.7 Å². The fourth-order valence-electron chi connectivity index (χ4n) is 2.95. The number of fused-ring (bicyclic) bond motifs is 1. The summed E-state index contributed by atoms with van der Waals surface area (Å²) >= 11 is 1.02. The Morgan fingerprint density at radius 1 is 1.32 bits per heavy atom. The third kappa shape index (κ3) is 3.40. The Bertz CT molecular complexity index is 901. The van der Waals surface area contributed by atoms with Gasteiger partial charge in [0.2, 0.25) is 0 Å². The quantitative estimate of drug-likeness (QED) is 0.807. The molecule has 1 atom stereocenters. The smallest absolute Gasteiger partial charge is 0.374 e. The zero-order valence-electron chi connectivity index (χ0n) is 13.3. The van der Waals surface area contributed by atoms with Crippen LogP contribution in [0.3, 0.4) is 0 Å². The van der Waals surface area contributed by atoms with Gasteiger partial charge in [0.1, 0.15) is 0 Å². The number of alkyl halides is 3. The van der Waals surface area contributed by atoms with Crippen molar-refractivity contribution in [3.8, 4) is 0 Å². The van der Waals surface area contributed by atoms with Crippen LogP contribution in [0, 0.1) is 0 Å². The standard InChI is InChI=1S/C15H16F3N3O3S/c1-25-20-21-13(22)9-6-8(12-4-2-3-5-24-12)10(15(16,17)18)7-11(9)19-14(21)23/h6-7,12,20H,2-5H2,1H3,(H,19,23). The molecule has 6 nitrogen and oxygen atoms in total. The molecule has 0 radical (unpaired) electrons. The Morgan fingerprint density at radius 2 is 2.08 bits per heavy atom. The summed E-state index contributed by atoms with van der Waals surface area (Å²) in [6.07, 6.45) is -1.72. The number of benzene rings is 1. The average Bonchev–Trinajstić information content (AvgIpc) is 2.57. The van der Waals surface area contributed by atoms with Crippen molar-refractivity contribution < 1.29 is 17.9 Å². The zero-order valence-corrected chi connectivity index (χ0v) is 14.1. The molecule has 10 heteroatoms. The topological polar surface area (TPSA) is 76.1 Å². The molecule has 2 aromatic rings. The van der Waals surface area contributed by atoms with Gasteiger partial charge in [-0.25, -0.2) is 4.79 Å². The largest absolute Gasteiger partial charge is 0.416 e. The van der Waals surface area contributed by atoms with E-state index in [1.54, 1.807) is 6.26 Å². The van der Waals surface area contributed by atoms with Gasteiger partial charge in [-0.05, 0) is 48.9 Å². The second kappa shape index (κ2) is 6.75. The van der Waals surface area contributed by atoms with Crippen LogP contribution in [0.2, 0.25) is 0 Å². The summed E-state index contributed by atoms with van der Waals surface area (Å²) in [7, 11) is 0. The number of nitrogens with zero attached hydrogens (tertiary/aromatic N) is 1. The lowest BCUT2D eigenvalue weighted by molar-refractivity contribution is -0.139. The predicted octanol–water partition coefficient (Wildman–Crippen LogP) is 2.77. The molecule has 1 saturated heterocycles. The van der Waals surface area contributed by atoms with E-state index in [1.165, 1.54) is 6.07 Å². The van der Waals surface area contributed by atoms with E-state index in [9.17, 15) is 22.8 Å². The third-order valence-electron chi connectivity index (χ3n) is 4.08. The number of hydrogen-bond donors (Lipinski definition) is 2. The van der Waals surface area contributed by atoms with Crippen molar-refractivity contribution in [1.82, 2.24) is 9.66 Å². The molecule has 1 aliphatic heterocycles. The highest BCUT2D eigenvalue weighted by atomic mass is 32.2. The highest BCUT2D eigenvalue weighted by Crippen LogP contribution is 2.39. The van der Waals surface area contributed by atoms with Crippen molar-refractivity contribution in [2.24, 2.45) is 0 Å². The van der Waals surface area contributed by atoms with Crippen LogP contribution in [0.25, 0.3) is 10.9 Å². The molecule has 25 heavy (non-hydrogen) atoms. The highest BCUT2D eigenvalue weighted by molar-refractivity contribution is 7.99. The summed E-state index contributed by atoms with van der Waals surface area (Å²) in [6, 6.07) is 2.00. The summed E-state index contributed by atoms with van der Waals surface area (Å²) < 4.78 is 46.7. The monoisotopic (exact) mass is 375 g/mol. The van der Waals surface area contributed by atoms with Crippen LogP contribution >= 0.6 is 11.9 Å². The van der Waals surface area contributed by atoms with E-state index in [0.717, 1.165) is 35.5 Å². The van der Waals surface area contributed by atoms with Crippen LogP contribution < -0.4 is 16.1 Å². The Hall–Kier alpha value is -1.94. The molecule has 1 aromatic carbocycles. The molecule has 0 aliphatic carbocycles. The van der Waals surface area contributed by atoms with E-state index in [2.05, 4.69) is 9.82 Å². The van der Waals surface area contributed by atoms with Gasteiger partial charge in [0.05, 0.1) is 22.6 Å². The Kier molecular flexibility index (Phi) is 4.83. The lowest BCUT2D eigenvalue weighted by Gasteiger charge is -2.26. The van der Waals surface area contributed by atoms with Gasteiger partial charge in [0, 0.05) is 12.9 Å². The van der Waals surface area contributed by atoms with Crippen molar-refractivity contribution in [3.05, 3.63) is 44.1 Å². The fraction of sp³-hybridized carbons (Fsp3) is 0.467. The summed E-state index contributed by atoms with van der Waals surface area (Å²) in [5.74, 6) is 0. The lowest BCUT2D eigenvalue weighted by Crippen LogP contribution is -2.39. The maximum absolute atomic E-state index is 13.5. The number of aromatic amines is 1. The number of aromatic nitrogens is 2. The molecule has 3 rings (SSSR count). The molecule has 0 saturated carbocycles. The first-order chi connectivity index (χ1) is 11.8. The molecule has 2 N–H and O–H groups in total. The van der Waals surface area contributed by atoms with Gasteiger partial charge in [0.25, 0.3) is 5.56 Å². The Balaban J connectivity index is 2.28. The second-order valence-electron chi connectivity index (χ2n) is 5.70. The van der Waals surface area contributed by atoms with Gasteiger partial charge < -0.3 is 9.72 Å². The maximum atomic E-state index is 13.5. The predicted molar refractivity (Wildman–Crippen MR) is 89.3 cm³/mol. The normalized spacial score (nSPS) is 18.5. The third-order valence-corrected chi connectivity index (χ3v) is 4.45. The number of halogens is 3. The SMILES string of the molecule is CSNn1c(=O)[nH]c2cc(C(F)(F)F)c(C3CCCCO3)cc2c1=O. The number of hydrogen-bond acceptors (Lipinski definition) is 5. The minimum Gasteiger partial charge on any atom is -0.374 e. The fourth-order valence-corrected chi connectivity index (χ4v) is 3.30. The molecule has 136 valence electrons. The zero-order chi connectivity index (χ0) is 18.2. The van der Waals surface area contributed by atoms with Gasteiger partial charge in [-0.2, -0.15) is 17.8 Å². The summed E-state index contributed by atoms with van der Waals surface area (Å²) in [4.78, 5) is 29.2. The lowest BCUT2D eigenvalue weighted by atomic mass is 9.94. The molecular weight excluding hydrogens is 359 g/mol.